The van der Waals surface area contributed by atoms with Crippen molar-refractivity contribution >= 4 is 11.0 Å². The summed E-state index contributed by atoms with van der Waals surface area (Å²) in [7, 11) is 0. The van der Waals surface area contributed by atoms with E-state index < -0.39 is 0 Å². The molecule has 7 heteroatoms. The van der Waals surface area contributed by atoms with Gasteiger partial charge in [0.05, 0.1) is 30.2 Å². The third kappa shape index (κ3) is 2.90. The van der Waals surface area contributed by atoms with Gasteiger partial charge >= 0.3 is 0 Å². The minimum Gasteiger partial charge on any atom is -0.489 e. The molecule has 2 atom stereocenters. The minimum atomic E-state index is -0.190. The lowest BCUT2D eigenvalue weighted by molar-refractivity contribution is 0.269. The van der Waals surface area contributed by atoms with E-state index in [1.165, 1.54) is 5.56 Å². The molecule has 2 N–H and O–H groups in total. The first-order valence-electron chi connectivity index (χ1n) is 9.64. The van der Waals surface area contributed by atoms with Crippen molar-refractivity contribution in [2.45, 2.75) is 31.6 Å². The molecule has 146 valence electrons. The van der Waals surface area contributed by atoms with Crippen LogP contribution in [0.4, 0.5) is 0 Å². The highest BCUT2D eigenvalue weighted by atomic mass is 16.5. The van der Waals surface area contributed by atoms with E-state index >= 15 is 0 Å². The smallest absolute Gasteiger partial charge is 0.158 e. The monoisotopic (exact) mass is 386 g/mol. The number of nitrogens with two attached hydrogens (primary N) is 1. The number of aryl methyl sites for hydroxylation is 2. The zero-order valence-corrected chi connectivity index (χ0v) is 16.4. The molecule has 0 aliphatic heterocycles. The summed E-state index contributed by atoms with van der Waals surface area (Å²) in [5.41, 5.74) is 3.57. The Labute approximate surface area is 168 Å². The molecule has 0 unspecified atom stereocenters. The molecule has 0 bridgehead atoms. The van der Waals surface area contributed by atoms with E-state index in [0.717, 1.165) is 34.8 Å². The van der Waals surface area contributed by atoms with Gasteiger partial charge in [0.15, 0.2) is 5.75 Å². The molecule has 1 aliphatic carbocycles. The molecule has 0 spiro atoms. The van der Waals surface area contributed by atoms with Gasteiger partial charge in [-0.2, -0.15) is 0 Å². The van der Waals surface area contributed by atoms with Crippen molar-refractivity contribution in [1.82, 2.24) is 24.6 Å². The Kier molecular flexibility index (Phi) is 3.97. The van der Waals surface area contributed by atoms with Gasteiger partial charge < -0.3 is 10.6 Å². The van der Waals surface area contributed by atoms with Gasteiger partial charge in [-0.1, -0.05) is 30.3 Å². The SMILES string of the molecule is Cc1ncc(OC[C@@]2(c3ccccc3)C[C@H]2c2nc3cnccc3n2N)c(C)n1. The molecule has 0 amide bonds. The second-order valence-electron chi connectivity index (χ2n) is 7.64. The van der Waals surface area contributed by atoms with Crippen LogP contribution in [0.3, 0.4) is 0 Å². The number of benzene rings is 1. The molecule has 1 saturated carbocycles. The first-order chi connectivity index (χ1) is 14.1. The number of nitrogens with zero attached hydrogens (tertiary/aromatic N) is 5. The van der Waals surface area contributed by atoms with Crippen LogP contribution < -0.4 is 10.6 Å². The Bertz CT molecular complexity index is 1190. The maximum Gasteiger partial charge on any atom is 0.158 e. The van der Waals surface area contributed by atoms with Crippen molar-refractivity contribution in [2.24, 2.45) is 0 Å². The van der Waals surface area contributed by atoms with E-state index in [9.17, 15) is 0 Å². The number of aromatic nitrogens is 5. The Balaban J connectivity index is 1.50. The van der Waals surface area contributed by atoms with Crippen molar-refractivity contribution in [3.63, 3.8) is 0 Å². The average molecular weight is 386 g/mol. The number of hydrogen-bond acceptors (Lipinski definition) is 6. The van der Waals surface area contributed by atoms with E-state index in [1.807, 2.05) is 26.0 Å². The van der Waals surface area contributed by atoms with Crippen LogP contribution in [0.5, 0.6) is 5.75 Å². The summed E-state index contributed by atoms with van der Waals surface area (Å²) >= 11 is 0. The Morgan fingerprint density at radius 2 is 1.97 bits per heavy atom. The van der Waals surface area contributed by atoms with E-state index in [-0.39, 0.29) is 11.3 Å². The summed E-state index contributed by atoms with van der Waals surface area (Å²) in [4.78, 5) is 17.6. The molecular weight excluding hydrogens is 364 g/mol. The van der Waals surface area contributed by atoms with Gasteiger partial charge in [0.2, 0.25) is 0 Å². The molecule has 1 aliphatic rings. The molecular formula is C22H22N6O. The summed E-state index contributed by atoms with van der Waals surface area (Å²) < 4.78 is 7.91. The largest absolute Gasteiger partial charge is 0.489 e. The van der Waals surface area contributed by atoms with Crippen molar-refractivity contribution in [3.05, 3.63) is 77.9 Å². The Morgan fingerprint density at radius 1 is 1.14 bits per heavy atom. The van der Waals surface area contributed by atoms with Gasteiger partial charge in [0, 0.05) is 17.5 Å². The van der Waals surface area contributed by atoms with Crippen molar-refractivity contribution in [3.8, 4) is 5.75 Å². The third-order valence-corrected chi connectivity index (χ3v) is 5.79. The number of rotatable bonds is 5. The maximum atomic E-state index is 6.39. The van der Waals surface area contributed by atoms with Gasteiger partial charge in [-0.25, -0.2) is 19.6 Å². The lowest BCUT2D eigenvalue weighted by Crippen LogP contribution is -2.23. The number of pyridine rings is 1. The topological polar surface area (TPSA) is 91.7 Å². The summed E-state index contributed by atoms with van der Waals surface area (Å²) in [6, 6.07) is 12.3. The van der Waals surface area contributed by atoms with Crippen LogP contribution in [0.25, 0.3) is 11.0 Å². The molecule has 3 aromatic heterocycles. The van der Waals surface area contributed by atoms with Gasteiger partial charge in [-0.3, -0.25) is 4.98 Å². The van der Waals surface area contributed by atoms with Crippen LogP contribution in [-0.4, -0.2) is 31.2 Å². The summed E-state index contributed by atoms with van der Waals surface area (Å²) in [6.07, 6.45) is 6.14. The number of ether oxygens (including phenoxy) is 1. The van der Waals surface area contributed by atoms with Crippen LogP contribution in [0, 0.1) is 13.8 Å². The lowest BCUT2D eigenvalue weighted by atomic mass is 9.94. The van der Waals surface area contributed by atoms with Crippen LogP contribution in [0.15, 0.2) is 55.0 Å². The van der Waals surface area contributed by atoms with Crippen LogP contribution >= 0.6 is 0 Å². The average Bonchev–Trinajstić information content (AvgIpc) is 3.38. The molecule has 5 rings (SSSR count). The Hall–Kier alpha value is -3.48. The first kappa shape index (κ1) is 17.6. The Morgan fingerprint density at radius 3 is 2.72 bits per heavy atom. The van der Waals surface area contributed by atoms with Gasteiger partial charge in [-0.05, 0) is 31.9 Å². The predicted molar refractivity (Wildman–Crippen MR) is 110 cm³/mol. The zero-order valence-electron chi connectivity index (χ0n) is 16.4. The second-order valence-corrected chi connectivity index (χ2v) is 7.64. The molecule has 29 heavy (non-hydrogen) atoms. The molecule has 4 aromatic rings. The van der Waals surface area contributed by atoms with E-state index in [1.54, 1.807) is 23.3 Å². The van der Waals surface area contributed by atoms with E-state index in [2.05, 4.69) is 39.2 Å². The zero-order chi connectivity index (χ0) is 20.0. The quantitative estimate of drug-likeness (QED) is 0.530. The van der Waals surface area contributed by atoms with E-state index in [0.29, 0.717) is 12.4 Å². The normalized spacial score (nSPS) is 20.7. The fourth-order valence-electron chi connectivity index (χ4n) is 4.11. The highest BCUT2D eigenvalue weighted by molar-refractivity contribution is 5.75. The van der Waals surface area contributed by atoms with Crippen LogP contribution in [0.1, 0.15) is 35.2 Å². The fraction of sp³-hybridized carbons (Fsp3) is 0.273. The van der Waals surface area contributed by atoms with Gasteiger partial charge in [0.25, 0.3) is 0 Å². The van der Waals surface area contributed by atoms with Crippen molar-refractivity contribution < 1.29 is 4.74 Å². The number of hydrogen-bond donors (Lipinski definition) is 1. The van der Waals surface area contributed by atoms with Crippen LogP contribution in [-0.2, 0) is 5.41 Å². The second kappa shape index (κ2) is 6.55. The highest BCUT2D eigenvalue weighted by Crippen LogP contribution is 2.60. The van der Waals surface area contributed by atoms with Crippen molar-refractivity contribution in [2.75, 3.05) is 12.4 Å². The summed E-state index contributed by atoms with van der Waals surface area (Å²) in [5.74, 6) is 8.86. The number of imidazole rings is 1. The predicted octanol–water partition coefficient (Wildman–Crippen LogP) is 3.06. The summed E-state index contributed by atoms with van der Waals surface area (Å²) in [6.45, 7) is 4.33. The number of nitrogen functional groups attached to an aromatic ring is 1. The standard InChI is InChI=1S/C22H22N6O/c1-14-20(12-25-15(2)26-14)29-13-22(16-6-4-3-5-7-16)10-17(22)21-27-18-11-24-9-8-19(18)28(21)23/h3-9,11-12,17H,10,13,23H2,1-2H3/t17-,22+/m0/s1. The van der Waals surface area contributed by atoms with Crippen molar-refractivity contribution in [1.29, 1.82) is 0 Å². The lowest BCUT2D eigenvalue weighted by Gasteiger charge is -2.19. The highest BCUT2D eigenvalue weighted by Gasteiger charge is 2.59. The first-order valence-corrected chi connectivity index (χ1v) is 9.64. The molecule has 1 aromatic carbocycles. The fourth-order valence-corrected chi connectivity index (χ4v) is 4.11. The third-order valence-electron chi connectivity index (χ3n) is 5.79. The molecule has 7 nitrogen and oxygen atoms in total. The van der Waals surface area contributed by atoms with Gasteiger partial charge in [0.1, 0.15) is 17.2 Å². The van der Waals surface area contributed by atoms with E-state index in [4.69, 9.17) is 15.6 Å². The van der Waals surface area contributed by atoms with Gasteiger partial charge in [-0.15, -0.1) is 0 Å². The molecule has 0 radical (unpaired) electrons. The molecule has 0 saturated heterocycles. The molecule has 3 heterocycles. The molecule has 1 fully saturated rings. The number of fused-ring (bicyclic) bond motifs is 1. The minimum absolute atomic E-state index is 0.161. The maximum absolute atomic E-state index is 6.39. The summed E-state index contributed by atoms with van der Waals surface area (Å²) in [5, 5.41) is 0. The van der Waals surface area contributed by atoms with Crippen LogP contribution in [0.2, 0.25) is 0 Å².